The second-order valence-corrected chi connectivity index (χ2v) is 7.15. The van der Waals surface area contributed by atoms with Gasteiger partial charge in [-0.3, -0.25) is 4.79 Å². The molecular formula is C21H24N2O2. The highest BCUT2D eigenvalue weighted by Crippen LogP contribution is 2.41. The Morgan fingerprint density at radius 2 is 1.76 bits per heavy atom. The first-order valence-corrected chi connectivity index (χ1v) is 9.03. The average molecular weight is 336 g/mol. The molecule has 4 heteroatoms. The lowest BCUT2D eigenvalue weighted by Crippen LogP contribution is -2.32. The number of rotatable bonds is 5. The summed E-state index contributed by atoms with van der Waals surface area (Å²) in [6, 6.07) is 17.6. The molecule has 4 rings (SSSR count). The van der Waals surface area contributed by atoms with E-state index in [4.69, 9.17) is 10.5 Å². The fourth-order valence-electron chi connectivity index (χ4n) is 3.72. The molecule has 0 spiro atoms. The van der Waals surface area contributed by atoms with Crippen LogP contribution >= 0.6 is 0 Å². The Morgan fingerprint density at radius 3 is 2.52 bits per heavy atom. The van der Waals surface area contributed by atoms with Crippen LogP contribution in [0.3, 0.4) is 0 Å². The number of ether oxygens (including phenoxy) is 1. The van der Waals surface area contributed by atoms with Crippen molar-refractivity contribution in [3.63, 3.8) is 0 Å². The van der Waals surface area contributed by atoms with Gasteiger partial charge >= 0.3 is 0 Å². The van der Waals surface area contributed by atoms with Crippen molar-refractivity contribution >= 4 is 5.91 Å². The fraction of sp³-hybridized carbons (Fsp3) is 0.381. The third-order valence-corrected chi connectivity index (χ3v) is 5.28. The maximum absolute atomic E-state index is 13.0. The summed E-state index contributed by atoms with van der Waals surface area (Å²) in [5.74, 6) is 1.85. The molecular weight excluding hydrogens is 312 g/mol. The van der Waals surface area contributed by atoms with Gasteiger partial charge in [0.1, 0.15) is 12.4 Å². The van der Waals surface area contributed by atoms with Gasteiger partial charge in [0.15, 0.2) is 0 Å². The number of amides is 1. The summed E-state index contributed by atoms with van der Waals surface area (Å²) in [6.45, 7) is 1.88. The van der Waals surface area contributed by atoms with E-state index in [0.29, 0.717) is 30.4 Å². The smallest absolute Gasteiger partial charge is 0.257 e. The Labute approximate surface area is 148 Å². The zero-order valence-corrected chi connectivity index (χ0v) is 14.3. The van der Waals surface area contributed by atoms with Crippen LogP contribution in [0.2, 0.25) is 0 Å². The van der Waals surface area contributed by atoms with Crippen LogP contribution in [-0.2, 0) is 6.61 Å². The molecule has 2 fully saturated rings. The number of benzene rings is 2. The van der Waals surface area contributed by atoms with Crippen LogP contribution in [0.4, 0.5) is 0 Å². The van der Waals surface area contributed by atoms with Crippen molar-refractivity contribution in [1.82, 2.24) is 4.90 Å². The van der Waals surface area contributed by atoms with Crippen LogP contribution in [0.5, 0.6) is 5.75 Å². The highest BCUT2D eigenvalue weighted by molar-refractivity contribution is 5.97. The first kappa shape index (κ1) is 16.2. The number of nitrogens with two attached hydrogens (primary N) is 1. The van der Waals surface area contributed by atoms with Gasteiger partial charge in [0.2, 0.25) is 0 Å². The van der Waals surface area contributed by atoms with Gasteiger partial charge in [0.25, 0.3) is 5.91 Å². The van der Waals surface area contributed by atoms with Crippen LogP contribution in [0, 0.1) is 11.8 Å². The Balaban J connectivity index is 1.47. The first-order chi connectivity index (χ1) is 12.2. The van der Waals surface area contributed by atoms with Crippen LogP contribution in [0.1, 0.15) is 28.8 Å². The third-order valence-electron chi connectivity index (χ3n) is 5.28. The molecule has 1 amide bonds. The molecule has 0 aromatic heterocycles. The second kappa shape index (κ2) is 6.89. The number of hydrogen-bond acceptors (Lipinski definition) is 3. The first-order valence-electron chi connectivity index (χ1n) is 9.03. The number of para-hydroxylation sites is 1. The maximum atomic E-state index is 13.0. The van der Waals surface area contributed by atoms with Gasteiger partial charge in [-0.05, 0) is 42.4 Å². The van der Waals surface area contributed by atoms with E-state index in [1.165, 1.54) is 12.8 Å². The summed E-state index contributed by atoms with van der Waals surface area (Å²) in [7, 11) is 0. The minimum Gasteiger partial charge on any atom is -0.488 e. The van der Waals surface area contributed by atoms with Gasteiger partial charge in [-0.2, -0.15) is 0 Å². The van der Waals surface area contributed by atoms with E-state index in [1.807, 2.05) is 59.5 Å². The minimum absolute atomic E-state index is 0.0299. The van der Waals surface area contributed by atoms with Gasteiger partial charge in [0.05, 0.1) is 5.56 Å². The number of likely N-dealkylation sites (tertiary alicyclic amines) is 1. The van der Waals surface area contributed by atoms with E-state index in [9.17, 15) is 4.79 Å². The van der Waals surface area contributed by atoms with E-state index in [1.54, 1.807) is 0 Å². The van der Waals surface area contributed by atoms with E-state index >= 15 is 0 Å². The van der Waals surface area contributed by atoms with Crippen LogP contribution in [0.25, 0.3) is 0 Å². The summed E-state index contributed by atoms with van der Waals surface area (Å²) < 4.78 is 5.94. The zero-order valence-electron chi connectivity index (χ0n) is 14.3. The molecule has 1 heterocycles. The molecule has 1 aliphatic carbocycles. The molecule has 25 heavy (non-hydrogen) atoms. The number of hydrogen-bond donors (Lipinski definition) is 1. The fourth-order valence-corrected chi connectivity index (χ4v) is 3.72. The normalized spacial score (nSPS) is 22.8. The molecule has 2 aliphatic rings. The zero-order chi connectivity index (χ0) is 17.2. The van der Waals surface area contributed by atoms with Crippen molar-refractivity contribution in [2.75, 3.05) is 13.1 Å². The van der Waals surface area contributed by atoms with E-state index in [2.05, 4.69) is 0 Å². The molecule has 0 unspecified atom stereocenters. The van der Waals surface area contributed by atoms with Crippen molar-refractivity contribution in [3.05, 3.63) is 65.7 Å². The van der Waals surface area contributed by atoms with Crippen molar-refractivity contribution in [1.29, 1.82) is 0 Å². The quantitative estimate of drug-likeness (QED) is 0.913. The van der Waals surface area contributed by atoms with Crippen molar-refractivity contribution < 1.29 is 9.53 Å². The molecule has 2 N–H and O–H groups in total. The molecule has 130 valence electrons. The highest BCUT2D eigenvalue weighted by Gasteiger charge is 2.42. The van der Waals surface area contributed by atoms with Crippen molar-refractivity contribution in [3.8, 4) is 5.75 Å². The standard InChI is InChI=1S/C21H24N2O2/c22-19-13-23(12-18(19)16-10-11-16)21(24)17-8-4-5-9-20(17)25-14-15-6-2-1-3-7-15/h1-9,16,18-19H,10-14,22H2/t18-,19+/m0/s1. The Hall–Kier alpha value is -2.33. The molecule has 2 aromatic rings. The molecule has 2 atom stereocenters. The van der Waals surface area contributed by atoms with Crippen LogP contribution < -0.4 is 10.5 Å². The largest absolute Gasteiger partial charge is 0.488 e. The van der Waals surface area contributed by atoms with Crippen molar-refractivity contribution in [2.45, 2.75) is 25.5 Å². The summed E-state index contributed by atoms with van der Waals surface area (Å²) in [5.41, 5.74) is 7.99. The number of carbonyl (C=O) groups excluding carboxylic acids is 1. The molecule has 2 aromatic carbocycles. The van der Waals surface area contributed by atoms with Crippen LogP contribution in [0.15, 0.2) is 54.6 Å². The van der Waals surface area contributed by atoms with Gasteiger partial charge < -0.3 is 15.4 Å². The maximum Gasteiger partial charge on any atom is 0.257 e. The third kappa shape index (κ3) is 3.54. The van der Waals surface area contributed by atoms with E-state index in [-0.39, 0.29) is 11.9 Å². The van der Waals surface area contributed by atoms with Gasteiger partial charge in [0, 0.05) is 19.1 Å². The predicted octanol–water partition coefficient (Wildman–Crippen LogP) is 3.07. The van der Waals surface area contributed by atoms with Gasteiger partial charge in [-0.1, -0.05) is 42.5 Å². The summed E-state index contributed by atoms with van der Waals surface area (Å²) in [5, 5.41) is 0. The Bertz CT molecular complexity index is 743. The highest BCUT2D eigenvalue weighted by atomic mass is 16.5. The number of carbonyl (C=O) groups is 1. The minimum atomic E-state index is 0.0299. The Kier molecular flexibility index (Phi) is 4.45. The lowest BCUT2D eigenvalue weighted by atomic mass is 9.99. The van der Waals surface area contributed by atoms with Crippen molar-refractivity contribution in [2.24, 2.45) is 17.6 Å². The average Bonchev–Trinajstić information content (AvgIpc) is 3.42. The van der Waals surface area contributed by atoms with Gasteiger partial charge in [-0.15, -0.1) is 0 Å². The number of nitrogens with zero attached hydrogens (tertiary/aromatic N) is 1. The predicted molar refractivity (Wildman–Crippen MR) is 97.3 cm³/mol. The molecule has 1 aliphatic heterocycles. The Morgan fingerprint density at radius 1 is 1.04 bits per heavy atom. The molecule has 0 radical (unpaired) electrons. The summed E-state index contributed by atoms with van der Waals surface area (Å²) in [6.07, 6.45) is 2.52. The lowest BCUT2D eigenvalue weighted by Gasteiger charge is -2.18. The van der Waals surface area contributed by atoms with E-state index in [0.717, 1.165) is 18.0 Å². The summed E-state index contributed by atoms with van der Waals surface area (Å²) >= 11 is 0. The monoisotopic (exact) mass is 336 g/mol. The molecule has 1 saturated heterocycles. The summed E-state index contributed by atoms with van der Waals surface area (Å²) in [4.78, 5) is 14.9. The molecule has 0 bridgehead atoms. The van der Waals surface area contributed by atoms with E-state index < -0.39 is 0 Å². The topological polar surface area (TPSA) is 55.6 Å². The van der Waals surface area contributed by atoms with Gasteiger partial charge in [-0.25, -0.2) is 0 Å². The second-order valence-electron chi connectivity index (χ2n) is 7.15. The SMILES string of the molecule is N[C@@H]1CN(C(=O)c2ccccc2OCc2ccccc2)C[C@H]1C1CC1. The molecule has 4 nitrogen and oxygen atoms in total. The lowest BCUT2D eigenvalue weighted by molar-refractivity contribution is 0.0780. The van der Waals surface area contributed by atoms with Crippen LogP contribution in [-0.4, -0.2) is 29.9 Å². The molecule has 1 saturated carbocycles.